The van der Waals surface area contributed by atoms with Crippen LogP contribution in [0.15, 0.2) is 89.9 Å². The number of anilines is 1. The summed E-state index contributed by atoms with van der Waals surface area (Å²) in [4.78, 5) is 32.7. The predicted molar refractivity (Wildman–Crippen MR) is 143 cm³/mol. The second kappa shape index (κ2) is 8.70. The predicted octanol–water partition coefficient (Wildman–Crippen LogP) is 5.18. The van der Waals surface area contributed by atoms with Crippen LogP contribution in [0.3, 0.4) is 0 Å². The van der Waals surface area contributed by atoms with Crippen LogP contribution in [0.25, 0.3) is 11.3 Å². The van der Waals surface area contributed by atoms with E-state index in [1.807, 2.05) is 24.3 Å². The molecule has 180 valence electrons. The van der Waals surface area contributed by atoms with Gasteiger partial charge in [0.15, 0.2) is 11.6 Å². The van der Waals surface area contributed by atoms with Crippen molar-refractivity contribution in [3.05, 3.63) is 107 Å². The van der Waals surface area contributed by atoms with Crippen LogP contribution >= 0.6 is 0 Å². The molecule has 1 fully saturated rings. The number of benzene rings is 3. The number of fused-ring (bicyclic) bond motifs is 2. The first-order valence-electron chi connectivity index (χ1n) is 12.9. The minimum Gasteiger partial charge on any atom is -0.314 e. The number of Topliss-reactive ketones (excluding diaryl/α,β-unsaturated/α-hetero) is 2. The number of rotatable bonds is 4. The largest absolute Gasteiger partial charge is 0.314 e. The van der Waals surface area contributed by atoms with Crippen LogP contribution in [0.2, 0.25) is 0 Å². The molecule has 3 atom stereocenters. The second-order valence-corrected chi connectivity index (χ2v) is 10.2. The summed E-state index contributed by atoms with van der Waals surface area (Å²) in [5.41, 5.74) is 4.48. The van der Waals surface area contributed by atoms with Crippen molar-refractivity contribution in [2.75, 3.05) is 4.90 Å². The highest BCUT2D eigenvalue weighted by molar-refractivity contribution is 6.39. The van der Waals surface area contributed by atoms with Crippen molar-refractivity contribution >= 4 is 28.5 Å². The first kappa shape index (κ1) is 22.7. The third-order valence-corrected chi connectivity index (χ3v) is 8.08. The standard InChI is InChI=1S/C32H30N2O2/c1-21(35)31(22(2)36)25-16-17-28-30(19-25)34-29(24-13-7-4-8-14-24)20-26(23-11-5-3-6-12-23)27-15-9-10-18-32(27,34)33-28/h3-8,11-14,16-17,19-20,26-27H,9-10,15,18H2,1-2H3/t26-,27+,32+/m0/s1. The fraction of sp³-hybridized carbons (Fsp3) is 0.281. The molecule has 0 saturated heterocycles. The smallest absolute Gasteiger partial charge is 0.163 e. The molecule has 2 aliphatic heterocycles. The van der Waals surface area contributed by atoms with Gasteiger partial charge >= 0.3 is 0 Å². The molecule has 0 aromatic heterocycles. The summed E-state index contributed by atoms with van der Waals surface area (Å²) in [5.74, 6) is 0.182. The molecule has 1 saturated carbocycles. The van der Waals surface area contributed by atoms with Gasteiger partial charge in [-0.05, 0) is 61.6 Å². The van der Waals surface area contributed by atoms with E-state index in [9.17, 15) is 9.59 Å². The topological polar surface area (TPSA) is 49.7 Å². The number of ketones is 2. The maximum absolute atomic E-state index is 12.4. The molecule has 1 aliphatic carbocycles. The Labute approximate surface area is 211 Å². The highest BCUT2D eigenvalue weighted by Gasteiger charge is 2.55. The summed E-state index contributed by atoms with van der Waals surface area (Å²) >= 11 is 0. The fourth-order valence-corrected chi connectivity index (χ4v) is 6.66. The van der Waals surface area contributed by atoms with E-state index in [-0.39, 0.29) is 28.7 Å². The highest BCUT2D eigenvalue weighted by atomic mass is 16.1. The Morgan fingerprint density at radius 2 is 1.58 bits per heavy atom. The Bertz CT molecular complexity index is 1490. The van der Waals surface area contributed by atoms with E-state index in [4.69, 9.17) is 4.99 Å². The lowest BCUT2D eigenvalue weighted by Crippen LogP contribution is -2.55. The highest BCUT2D eigenvalue weighted by Crippen LogP contribution is 2.55. The van der Waals surface area contributed by atoms with E-state index < -0.39 is 0 Å². The Hall–Kier alpha value is -3.79. The molecule has 4 heteroatoms. The van der Waals surface area contributed by atoms with Gasteiger partial charge in [0.2, 0.25) is 0 Å². The van der Waals surface area contributed by atoms with Gasteiger partial charge in [0.1, 0.15) is 5.66 Å². The summed E-state index contributed by atoms with van der Waals surface area (Å²) < 4.78 is 0. The van der Waals surface area contributed by atoms with Crippen molar-refractivity contribution in [2.24, 2.45) is 10.9 Å². The average molecular weight is 475 g/mol. The Morgan fingerprint density at radius 1 is 0.889 bits per heavy atom. The number of hydrogen-bond acceptors (Lipinski definition) is 4. The maximum Gasteiger partial charge on any atom is 0.163 e. The number of nitrogens with zero attached hydrogens (tertiary/aromatic N) is 2. The Morgan fingerprint density at radius 3 is 2.28 bits per heavy atom. The van der Waals surface area contributed by atoms with Gasteiger partial charge < -0.3 is 4.90 Å². The first-order chi connectivity index (χ1) is 17.5. The molecular weight excluding hydrogens is 444 g/mol. The van der Waals surface area contributed by atoms with Crippen LogP contribution in [0, 0.1) is 5.92 Å². The molecule has 0 amide bonds. The normalized spacial score (nSPS) is 24.1. The number of carbonyl (C=O) groups is 2. The summed E-state index contributed by atoms with van der Waals surface area (Å²) in [7, 11) is 0. The van der Waals surface area contributed by atoms with Gasteiger partial charge in [-0.15, -0.1) is 0 Å². The molecule has 4 nitrogen and oxygen atoms in total. The van der Waals surface area contributed by atoms with Crippen molar-refractivity contribution < 1.29 is 9.59 Å². The third-order valence-electron chi connectivity index (χ3n) is 8.08. The minimum atomic E-state index is -0.383. The molecule has 0 bridgehead atoms. The van der Waals surface area contributed by atoms with Gasteiger partial charge in [-0.3, -0.25) is 14.6 Å². The van der Waals surface area contributed by atoms with Crippen LogP contribution in [-0.2, 0) is 9.59 Å². The molecule has 3 aromatic rings. The van der Waals surface area contributed by atoms with Crippen molar-refractivity contribution in [1.82, 2.24) is 0 Å². The summed E-state index contributed by atoms with van der Waals surface area (Å²) in [5, 5.41) is 1.61. The van der Waals surface area contributed by atoms with Gasteiger partial charge in [-0.2, -0.15) is 0 Å². The molecular formula is C32H30N2O2. The van der Waals surface area contributed by atoms with Crippen molar-refractivity contribution in [2.45, 2.75) is 51.1 Å². The van der Waals surface area contributed by atoms with Crippen molar-refractivity contribution in [3.63, 3.8) is 0 Å². The number of hydrogen-bond donors (Lipinski definition) is 0. The van der Waals surface area contributed by atoms with E-state index in [0.29, 0.717) is 11.1 Å². The van der Waals surface area contributed by atoms with Crippen molar-refractivity contribution in [1.29, 1.82) is 0 Å². The number of allylic oxidation sites excluding steroid dienone is 1. The lowest BCUT2D eigenvalue weighted by atomic mass is 9.66. The quantitative estimate of drug-likeness (QED) is 0.490. The van der Waals surface area contributed by atoms with Gasteiger partial charge in [0.05, 0.1) is 16.6 Å². The van der Waals surface area contributed by atoms with Crippen LogP contribution in [0.1, 0.15) is 56.6 Å². The molecule has 0 radical (unpaired) electrons. The van der Waals surface area contributed by atoms with Gasteiger partial charge in [0.25, 0.3) is 0 Å². The average Bonchev–Trinajstić information content (AvgIpc) is 3.21. The van der Waals surface area contributed by atoms with Gasteiger partial charge in [-0.25, -0.2) is 0 Å². The van der Waals surface area contributed by atoms with Crippen LogP contribution < -0.4 is 15.5 Å². The maximum atomic E-state index is 12.4. The zero-order valence-electron chi connectivity index (χ0n) is 20.8. The molecule has 36 heavy (non-hydrogen) atoms. The molecule has 3 aliphatic rings. The second-order valence-electron chi connectivity index (χ2n) is 10.2. The lowest BCUT2D eigenvalue weighted by molar-refractivity contribution is -0.116. The SMILES string of the molecule is CC(=O)C(C(C)=O)=c1ccc2c(c1)N1C(c3ccccc3)=C[C@@H](c3ccccc3)[C@H]3CCCC[C@]31N=2. The van der Waals surface area contributed by atoms with Crippen molar-refractivity contribution in [3.8, 4) is 0 Å². The van der Waals surface area contributed by atoms with E-state index >= 15 is 0 Å². The Balaban J connectivity index is 1.64. The zero-order valence-corrected chi connectivity index (χ0v) is 20.8. The Kier molecular flexibility index (Phi) is 5.48. The summed E-state index contributed by atoms with van der Waals surface area (Å²) in [6.45, 7) is 2.93. The summed E-state index contributed by atoms with van der Waals surface area (Å²) in [6.07, 6.45) is 6.83. The van der Waals surface area contributed by atoms with E-state index in [1.165, 1.54) is 25.8 Å². The molecule has 0 N–H and O–H groups in total. The van der Waals surface area contributed by atoms with Crippen LogP contribution in [0.4, 0.5) is 5.69 Å². The molecule has 3 aromatic carbocycles. The summed E-state index contributed by atoms with van der Waals surface area (Å²) in [6, 6.07) is 27.2. The molecule has 2 heterocycles. The fourth-order valence-electron chi connectivity index (χ4n) is 6.66. The van der Waals surface area contributed by atoms with Crippen LogP contribution in [-0.4, -0.2) is 17.2 Å². The number of carbonyl (C=O) groups excluding carboxylic acids is 2. The van der Waals surface area contributed by atoms with Gasteiger partial charge in [-0.1, -0.05) is 79.2 Å². The van der Waals surface area contributed by atoms with E-state index in [1.54, 1.807) is 0 Å². The zero-order chi connectivity index (χ0) is 24.9. The van der Waals surface area contributed by atoms with E-state index in [0.717, 1.165) is 41.6 Å². The van der Waals surface area contributed by atoms with E-state index in [2.05, 4.69) is 65.6 Å². The molecule has 6 rings (SSSR count). The lowest BCUT2D eigenvalue weighted by Gasteiger charge is -2.53. The minimum absolute atomic E-state index is 0.204. The van der Waals surface area contributed by atoms with Gasteiger partial charge in [0, 0.05) is 17.5 Å². The monoisotopic (exact) mass is 474 g/mol. The third kappa shape index (κ3) is 3.47. The van der Waals surface area contributed by atoms with Crippen LogP contribution in [0.5, 0.6) is 0 Å². The molecule has 1 spiro atoms. The first-order valence-corrected chi connectivity index (χ1v) is 12.9. The molecule has 0 unspecified atom stereocenters.